The standard InChI is InChI=1S/C14H13Br2NOS/c1-9-6-12(19-13(9)16)14(18)17-8-11-4-2-10(7-15)3-5-11/h2-6H,7-8H2,1H3,(H,17,18). The summed E-state index contributed by atoms with van der Waals surface area (Å²) in [6.45, 7) is 2.53. The third-order valence-corrected chi connectivity index (χ3v) is 5.49. The van der Waals surface area contributed by atoms with Crippen molar-refractivity contribution >= 4 is 49.1 Å². The van der Waals surface area contributed by atoms with Crippen molar-refractivity contribution in [2.24, 2.45) is 0 Å². The van der Waals surface area contributed by atoms with Crippen molar-refractivity contribution in [3.05, 3.63) is 55.7 Å². The fourth-order valence-corrected chi connectivity index (χ4v) is 3.41. The van der Waals surface area contributed by atoms with Crippen LogP contribution in [0.3, 0.4) is 0 Å². The summed E-state index contributed by atoms with van der Waals surface area (Å²) in [7, 11) is 0. The molecule has 5 heteroatoms. The Kier molecular flexibility index (Phi) is 5.19. The lowest BCUT2D eigenvalue weighted by atomic mass is 10.1. The Balaban J connectivity index is 1.96. The number of aryl methyl sites for hydroxylation is 1. The predicted octanol–water partition coefficient (Wildman–Crippen LogP) is 4.64. The molecule has 2 nitrogen and oxygen atoms in total. The van der Waals surface area contributed by atoms with E-state index < -0.39 is 0 Å². The highest BCUT2D eigenvalue weighted by atomic mass is 79.9. The molecule has 0 radical (unpaired) electrons. The number of halogens is 2. The van der Waals surface area contributed by atoms with Gasteiger partial charge >= 0.3 is 0 Å². The highest BCUT2D eigenvalue weighted by Gasteiger charge is 2.10. The maximum atomic E-state index is 12.0. The number of benzene rings is 1. The molecule has 0 bridgehead atoms. The third-order valence-electron chi connectivity index (χ3n) is 2.71. The summed E-state index contributed by atoms with van der Waals surface area (Å²) in [5.74, 6) is -0.0247. The zero-order valence-corrected chi connectivity index (χ0v) is 14.4. The smallest absolute Gasteiger partial charge is 0.261 e. The van der Waals surface area contributed by atoms with Crippen LogP contribution < -0.4 is 5.32 Å². The van der Waals surface area contributed by atoms with Gasteiger partial charge in [0.05, 0.1) is 8.66 Å². The molecule has 1 N–H and O–H groups in total. The van der Waals surface area contributed by atoms with Gasteiger partial charge in [0.2, 0.25) is 0 Å². The number of carbonyl (C=O) groups excluding carboxylic acids is 1. The number of alkyl halides is 1. The summed E-state index contributed by atoms with van der Waals surface area (Å²) in [6, 6.07) is 10.1. The van der Waals surface area contributed by atoms with Gasteiger partial charge in [-0.2, -0.15) is 0 Å². The second-order valence-corrected chi connectivity index (χ2v) is 7.13. The lowest BCUT2D eigenvalue weighted by molar-refractivity contribution is 0.0955. The molecule has 0 aliphatic carbocycles. The Labute approximate surface area is 133 Å². The number of rotatable bonds is 4. The van der Waals surface area contributed by atoms with Crippen LogP contribution in [0, 0.1) is 6.92 Å². The van der Waals surface area contributed by atoms with E-state index in [9.17, 15) is 4.79 Å². The summed E-state index contributed by atoms with van der Waals surface area (Å²) in [5, 5.41) is 3.78. The number of hydrogen-bond acceptors (Lipinski definition) is 2. The first kappa shape index (κ1) is 14.8. The lowest BCUT2D eigenvalue weighted by Gasteiger charge is -2.04. The van der Waals surface area contributed by atoms with E-state index in [1.807, 2.05) is 25.1 Å². The van der Waals surface area contributed by atoms with E-state index in [0.717, 1.165) is 25.1 Å². The SMILES string of the molecule is Cc1cc(C(=O)NCc2ccc(CBr)cc2)sc1Br. The molecule has 0 unspecified atom stereocenters. The van der Waals surface area contributed by atoms with Crippen molar-refractivity contribution in [2.75, 3.05) is 0 Å². The van der Waals surface area contributed by atoms with Gasteiger partial charge in [-0.05, 0) is 45.6 Å². The largest absolute Gasteiger partial charge is 0.347 e. The molecule has 0 spiro atoms. The zero-order chi connectivity index (χ0) is 13.8. The molecule has 100 valence electrons. The van der Waals surface area contributed by atoms with Gasteiger partial charge in [0.1, 0.15) is 0 Å². The summed E-state index contributed by atoms with van der Waals surface area (Å²) in [4.78, 5) is 12.7. The van der Waals surface area contributed by atoms with Gasteiger partial charge < -0.3 is 5.32 Å². The van der Waals surface area contributed by atoms with Crippen LogP contribution in [0.4, 0.5) is 0 Å². The summed E-state index contributed by atoms with van der Waals surface area (Å²) >= 11 is 8.30. The van der Waals surface area contributed by atoms with Crippen molar-refractivity contribution in [1.29, 1.82) is 0 Å². The highest BCUT2D eigenvalue weighted by molar-refractivity contribution is 9.11. The van der Waals surface area contributed by atoms with Gasteiger partial charge in [0, 0.05) is 11.9 Å². The van der Waals surface area contributed by atoms with Crippen molar-refractivity contribution in [3.8, 4) is 0 Å². The molecule has 0 saturated heterocycles. The average molecular weight is 403 g/mol. The molecule has 0 aliphatic rings. The maximum absolute atomic E-state index is 12.0. The second kappa shape index (κ2) is 6.68. The number of hydrogen-bond donors (Lipinski definition) is 1. The second-order valence-electron chi connectivity index (χ2n) is 4.20. The fraction of sp³-hybridized carbons (Fsp3) is 0.214. The molecular formula is C14H13Br2NOS. The topological polar surface area (TPSA) is 29.1 Å². The monoisotopic (exact) mass is 401 g/mol. The van der Waals surface area contributed by atoms with Gasteiger partial charge in [-0.3, -0.25) is 4.79 Å². The predicted molar refractivity (Wildman–Crippen MR) is 87.0 cm³/mol. The molecule has 1 aromatic carbocycles. The number of amides is 1. The van der Waals surface area contributed by atoms with Gasteiger partial charge in [-0.15, -0.1) is 11.3 Å². The van der Waals surface area contributed by atoms with Crippen LogP contribution in [0.5, 0.6) is 0 Å². The van der Waals surface area contributed by atoms with Crippen LogP contribution >= 0.6 is 43.2 Å². The van der Waals surface area contributed by atoms with Crippen LogP contribution in [0.1, 0.15) is 26.4 Å². The number of thiophene rings is 1. The van der Waals surface area contributed by atoms with Crippen LogP contribution in [0.2, 0.25) is 0 Å². The maximum Gasteiger partial charge on any atom is 0.261 e. The highest BCUT2D eigenvalue weighted by Crippen LogP contribution is 2.27. The molecule has 1 aromatic heterocycles. The van der Waals surface area contributed by atoms with Crippen molar-refractivity contribution in [3.63, 3.8) is 0 Å². The van der Waals surface area contributed by atoms with Gasteiger partial charge in [0.25, 0.3) is 5.91 Å². The molecule has 0 saturated carbocycles. The minimum atomic E-state index is -0.0247. The average Bonchev–Trinajstić information content (AvgIpc) is 2.77. The normalized spacial score (nSPS) is 10.5. The van der Waals surface area contributed by atoms with Gasteiger partial charge in [-0.25, -0.2) is 0 Å². The number of carbonyl (C=O) groups is 1. The summed E-state index contributed by atoms with van der Waals surface area (Å²) < 4.78 is 1.01. The first-order valence-corrected chi connectivity index (χ1v) is 8.51. The van der Waals surface area contributed by atoms with Crippen molar-refractivity contribution < 1.29 is 4.79 Å². The first-order chi connectivity index (χ1) is 9.10. The van der Waals surface area contributed by atoms with Crippen LogP contribution in [-0.4, -0.2) is 5.91 Å². The Morgan fingerprint density at radius 1 is 1.26 bits per heavy atom. The van der Waals surface area contributed by atoms with Crippen molar-refractivity contribution in [2.45, 2.75) is 18.8 Å². The minimum absolute atomic E-state index is 0.0247. The van der Waals surface area contributed by atoms with Gasteiger partial charge in [-0.1, -0.05) is 40.2 Å². The molecule has 19 heavy (non-hydrogen) atoms. The molecule has 2 rings (SSSR count). The quantitative estimate of drug-likeness (QED) is 0.741. The lowest BCUT2D eigenvalue weighted by Crippen LogP contribution is -2.21. The molecule has 1 amide bonds. The van der Waals surface area contributed by atoms with Crippen LogP contribution in [-0.2, 0) is 11.9 Å². The first-order valence-electron chi connectivity index (χ1n) is 5.78. The molecule has 0 fully saturated rings. The Bertz CT molecular complexity index is 558. The summed E-state index contributed by atoms with van der Waals surface area (Å²) in [5.41, 5.74) is 3.43. The third kappa shape index (κ3) is 3.91. The van der Waals surface area contributed by atoms with E-state index in [1.165, 1.54) is 16.9 Å². The van der Waals surface area contributed by atoms with Gasteiger partial charge in [0.15, 0.2) is 0 Å². The van der Waals surface area contributed by atoms with E-state index in [4.69, 9.17) is 0 Å². The van der Waals surface area contributed by atoms with E-state index in [0.29, 0.717) is 6.54 Å². The Morgan fingerprint density at radius 2 is 1.89 bits per heavy atom. The minimum Gasteiger partial charge on any atom is -0.347 e. The van der Waals surface area contributed by atoms with Crippen LogP contribution in [0.15, 0.2) is 34.1 Å². The molecule has 0 atom stereocenters. The van der Waals surface area contributed by atoms with E-state index in [-0.39, 0.29) is 5.91 Å². The Morgan fingerprint density at radius 3 is 2.42 bits per heavy atom. The van der Waals surface area contributed by atoms with E-state index in [2.05, 4.69) is 49.3 Å². The number of nitrogens with one attached hydrogen (secondary N) is 1. The Hall–Kier alpha value is -0.650. The zero-order valence-electron chi connectivity index (χ0n) is 10.4. The molecular weight excluding hydrogens is 390 g/mol. The molecule has 1 heterocycles. The van der Waals surface area contributed by atoms with Crippen molar-refractivity contribution in [1.82, 2.24) is 5.32 Å². The fourth-order valence-electron chi connectivity index (χ4n) is 1.59. The summed E-state index contributed by atoms with van der Waals surface area (Å²) in [6.07, 6.45) is 0. The van der Waals surface area contributed by atoms with E-state index in [1.54, 1.807) is 0 Å². The van der Waals surface area contributed by atoms with E-state index >= 15 is 0 Å². The molecule has 2 aromatic rings. The van der Waals surface area contributed by atoms with Crippen LogP contribution in [0.25, 0.3) is 0 Å². The molecule has 0 aliphatic heterocycles.